The molecule has 0 unspecified atom stereocenters. The highest BCUT2D eigenvalue weighted by Gasteiger charge is 2.16. The number of nitrogens with one attached hydrogen (secondary N) is 2. The minimum atomic E-state index is -0.320. The summed E-state index contributed by atoms with van der Waals surface area (Å²) in [4.78, 5) is 29.1. The maximum atomic E-state index is 12.7. The molecule has 0 bridgehead atoms. The van der Waals surface area contributed by atoms with Gasteiger partial charge in [-0.25, -0.2) is 4.98 Å². The van der Waals surface area contributed by atoms with Crippen LogP contribution in [0.5, 0.6) is 5.88 Å². The van der Waals surface area contributed by atoms with Gasteiger partial charge in [-0.1, -0.05) is 13.0 Å². The third-order valence-electron chi connectivity index (χ3n) is 3.77. The van der Waals surface area contributed by atoms with Crippen molar-refractivity contribution in [1.82, 2.24) is 10.3 Å². The predicted molar refractivity (Wildman–Crippen MR) is 102 cm³/mol. The fourth-order valence-corrected chi connectivity index (χ4v) is 2.36. The lowest BCUT2D eigenvalue weighted by Crippen LogP contribution is -2.23. The van der Waals surface area contributed by atoms with Crippen molar-refractivity contribution in [2.45, 2.75) is 34.1 Å². The molecule has 0 spiro atoms. The zero-order chi connectivity index (χ0) is 19.1. The Balaban J connectivity index is 2.27. The zero-order valence-corrected chi connectivity index (χ0v) is 15.7. The topological polar surface area (TPSA) is 80.3 Å². The third kappa shape index (κ3) is 4.81. The maximum absolute atomic E-state index is 12.7. The normalized spacial score (nSPS) is 10.3. The third-order valence-corrected chi connectivity index (χ3v) is 3.77. The second-order valence-electron chi connectivity index (χ2n) is 6.00. The van der Waals surface area contributed by atoms with Crippen molar-refractivity contribution in [1.29, 1.82) is 0 Å². The number of ether oxygens (including phenoxy) is 1. The second-order valence-corrected chi connectivity index (χ2v) is 6.00. The lowest BCUT2D eigenvalue weighted by molar-refractivity contribution is 0.0954. The Labute approximate surface area is 154 Å². The van der Waals surface area contributed by atoms with Crippen molar-refractivity contribution >= 4 is 17.5 Å². The number of benzene rings is 1. The van der Waals surface area contributed by atoms with Crippen molar-refractivity contribution in [2.24, 2.45) is 0 Å². The van der Waals surface area contributed by atoms with E-state index in [0.29, 0.717) is 35.8 Å². The van der Waals surface area contributed by atoms with Crippen LogP contribution in [0.2, 0.25) is 0 Å². The average Bonchev–Trinajstić information content (AvgIpc) is 2.61. The first-order valence-electron chi connectivity index (χ1n) is 8.76. The molecule has 26 heavy (non-hydrogen) atoms. The van der Waals surface area contributed by atoms with E-state index in [1.165, 1.54) is 0 Å². The summed E-state index contributed by atoms with van der Waals surface area (Å²) in [6.07, 6.45) is 0.824. The van der Waals surface area contributed by atoms with Crippen molar-refractivity contribution in [3.8, 4) is 5.88 Å². The van der Waals surface area contributed by atoms with Crippen LogP contribution in [0.25, 0.3) is 0 Å². The van der Waals surface area contributed by atoms with Gasteiger partial charge in [-0.05, 0) is 57.0 Å². The molecule has 0 atom stereocenters. The van der Waals surface area contributed by atoms with Gasteiger partial charge < -0.3 is 15.4 Å². The molecule has 0 fully saturated rings. The number of aromatic nitrogens is 1. The van der Waals surface area contributed by atoms with E-state index in [0.717, 1.165) is 17.7 Å². The van der Waals surface area contributed by atoms with E-state index >= 15 is 0 Å². The molecule has 2 amide bonds. The lowest BCUT2D eigenvalue weighted by Gasteiger charge is -2.13. The van der Waals surface area contributed by atoms with Gasteiger partial charge in [0.15, 0.2) is 0 Å². The van der Waals surface area contributed by atoms with E-state index < -0.39 is 0 Å². The molecule has 1 aromatic carbocycles. The predicted octanol–water partition coefficient (Wildman–Crippen LogP) is 3.49. The summed E-state index contributed by atoms with van der Waals surface area (Å²) in [6.45, 7) is 8.60. The molecule has 0 radical (unpaired) electrons. The Hall–Kier alpha value is -2.89. The second kappa shape index (κ2) is 8.99. The van der Waals surface area contributed by atoms with Gasteiger partial charge >= 0.3 is 0 Å². The van der Waals surface area contributed by atoms with Crippen LogP contribution < -0.4 is 15.4 Å². The first kappa shape index (κ1) is 19.4. The fourth-order valence-electron chi connectivity index (χ4n) is 2.36. The van der Waals surface area contributed by atoms with Crippen LogP contribution in [0, 0.1) is 13.8 Å². The monoisotopic (exact) mass is 355 g/mol. The Kier molecular flexibility index (Phi) is 6.72. The van der Waals surface area contributed by atoms with Gasteiger partial charge in [0.25, 0.3) is 11.8 Å². The number of amides is 2. The molecule has 0 saturated carbocycles. The number of anilines is 1. The van der Waals surface area contributed by atoms with Gasteiger partial charge in [0.05, 0.1) is 6.61 Å². The number of pyridine rings is 1. The van der Waals surface area contributed by atoms with Crippen LogP contribution in [0.3, 0.4) is 0 Å². The number of hydrogen-bond acceptors (Lipinski definition) is 4. The van der Waals surface area contributed by atoms with Gasteiger partial charge in [-0.15, -0.1) is 0 Å². The molecule has 2 N–H and O–H groups in total. The number of carbonyl (C=O) groups excluding carboxylic acids is 2. The maximum Gasteiger partial charge on any atom is 0.261 e. The van der Waals surface area contributed by atoms with Crippen LogP contribution in [0.15, 0.2) is 30.3 Å². The Morgan fingerprint density at radius 3 is 2.54 bits per heavy atom. The minimum Gasteiger partial charge on any atom is -0.477 e. The lowest BCUT2D eigenvalue weighted by atomic mass is 10.1. The standard InChI is InChI=1S/C20H25N3O3/c1-5-11-26-20-16(10-8-14(4)22-20)19(25)23-17-12-15(9-7-13(17)3)18(24)21-6-2/h7-10,12H,5-6,11H2,1-4H3,(H,21,24)(H,23,25). The first-order valence-corrected chi connectivity index (χ1v) is 8.76. The van der Waals surface area contributed by atoms with E-state index in [-0.39, 0.29) is 11.8 Å². The van der Waals surface area contributed by atoms with E-state index in [2.05, 4.69) is 15.6 Å². The van der Waals surface area contributed by atoms with Gasteiger partial charge in [0.2, 0.25) is 5.88 Å². The summed E-state index contributed by atoms with van der Waals surface area (Å²) in [5.74, 6) is -0.173. The molecule has 6 heteroatoms. The Morgan fingerprint density at radius 2 is 1.85 bits per heavy atom. The average molecular weight is 355 g/mol. The molecular formula is C20H25N3O3. The molecule has 0 aliphatic rings. The van der Waals surface area contributed by atoms with E-state index in [1.807, 2.05) is 33.8 Å². The molecule has 0 saturated heterocycles. The molecule has 2 aromatic rings. The van der Waals surface area contributed by atoms with Gasteiger partial charge in [0, 0.05) is 23.5 Å². The number of carbonyl (C=O) groups is 2. The van der Waals surface area contributed by atoms with E-state index in [1.54, 1.807) is 24.3 Å². The SMILES string of the molecule is CCCOc1nc(C)ccc1C(=O)Nc1cc(C(=O)NCC)ccc1C. The van der Waals surface area contributed by atoms with Crippen molar-refractivity contribution < 1.29 is 14.3 Å². The van der Waals surface area contributed by atoms with Gasteiger partial charge in [-0.2, -0.15) is 0 Å². The van der Waals surface area contributed by atoms with E-state index in [9.17, 15) is 9.59 Å². The highest BCUT2D eigenvalue weighted by atomic mass is 16.5. The largest absolute Gasteiger partial charge is 0.477 e. The summed E-state index contributed by atoms with van der Waals surface area (Å²) < 4.78 is 5.61. The van der Waals surface area contributed by atoms with Crippen LogP contribution >= 0.6 is 0 Å². The van der Waals surface area contributed by atoms with E-state index in [4.69, 9.17) is 4.74 Å². The van der Waals surface area contributed by atoms with Gasteiger partial charge in [-0.3, -0.25) is 9.59 Å². The molecular weight excluding hydrogens is 330 g/mol. The summed E-state index contributed by atoms with van der Waals surface area (Å²) in [6, 6.07) is 8.69. The van der Waals surface area contributed by atoms with Crippen LogP contribution in [-0.2, 0) is 0 Å². The number of nitrogens with zero attached hydrogens (tertiary/aromatic N) is 1. The van der Waals surface area contributed by atoms with Crippen molar-refractivity contribution in [2.75, 3.05) is 18.5 Å². The van der Waals surface area contributed by atoms with Crippen molar-refractivity contribution in [3.05, 3.63) is 52.7 Å². The number of rotatable bonds is 7. The number of hydrogen-bond donors (Lipinski definition) is 2. The highest BCUT2D eigenvalue weighted by Crippen LogP contribution is 2.21. The Morgan fingerprint density at radius 1 is 1.08 bits per heavy atom. The van der Waals surface area contributed by atoms with Crippen LogP contribution in [0.1, 0.15) is 52.2 Å². The molecule has 1 heterocycles. The number of aryl methyl sites for hydroxylation is 2. The highest BCUT2D eigenvalue weighted by molar-refractivity contribution is 6.07. The van der Waals surface area contributed by atoms with Crippen LogP contribution in [-0.4, -0.2) is 29.9 Å². The summed E-state index contributed by atoms with van der Waals surface area (Å²) in [7, 11) is 0. The Bertz CT molecular complexity index is 803. The molecule has 0 aliphatic carbocycles. The molecule has 1 aromatic heterocycles. The first-order chi connectivity index (χ1) is 12.5. The van der Waals surface area contributed by atoms with Crippen molar-refractivity contribution in [3.63, 3.8) is 0 Å². The molecule has 138 valence electrons. The minimum absolute atomic E-state index is 0.174. The fraction of sp³-hybridized carbons (Fsp3) is 0.350. The molecule has 6 nitrogen and oxygen atoms in total. The summed E-state index contributed by atoms with van der Waals surface area (Å²) >= 11 is 0. The molecule has 2 rings (SSSR count). The quantitative estimate of drug-likeness (QED) is 0.797. The zero-order valence-electron chi connectivity index (χ0n) is 15.7. The smallest absolute Gasteiger partial charge is 0.261 e. The van der Waals surface area contributed by atoms with Gasteiger partial charge in [0.1, 0.15) is 5.56 Å². The summed E-state index contributed by atoms with van der Waals surface area (Å²) in [5, 5.41) is 5.61. The van der Waals surface area contributed by atoms with Crippen LogP contribution in [0.4, 0.5) is 5.69 Å². The summed E-state index contributed by atoms with van der Waals surface area (Å²) in [5.41, 5.74) is 3.09. The molecule has 0 aliphatic heterocycles.